The van der Waals surface area contributed by atoms with Crippen LogP contribution in [0, 0.1) is 0 Å². The largest absolute Gasteiger partial charge is 0.337 e. The topological polar surface area (TPSA) is 34.0 Å². The second kappa shape index (κ2) is 6.71. The van der Waals surface area contributed by atoms with Gasteiger partial charge in [-0.15, -0.1) is 11.3 Å². The molecule has 0 saturated carbocycles. The van der Waals surface area contributed by atoms with Gasteiger partial charge in [-0.25, -0.2) is 9.97 Å². The number of rotatable bonds is 6. The molecule has 0 aliphatic heterocycles. The minimum atomic E-state index is 0.578. The van der Waals surface area contributed by atoms with E-state index >= 15 is 0 Å². The second-order valence-electron chi connectivity index (χ2n) is 5.81. The fraction of sp³-hybridized carbons (Fsp3) is 0.625. The molecule has 0 radical (unpaired) electrons. The van der Waals surface area contributed by atoms with Gasteiger partial charge in [0.25, 0.3) is 0 Å². The van der Waals surface area contributed by atoms with E-state index in [2.05, 4.69) is 28.4 Å². The van der Waals surface area contributed by atoms with Crippen molar-refractivity contribution in [2.24, 2.45) is 0 Å². The summed E-state index contributed by atoms with van der Waals surface area (Å²) in [5, 5.41) is 1.30. The van der Waals surface area contributed by atoms with Crippen molar-refractivity contribution in [3.63, 3.8) is 0 Å². The zero-order chi connectivity index (χ0) is 14.7. The highest BCUT2D eigenvalue weighted by molar-refractivity contribution is 7.11. The molecule has 0 N–H and O–H groups in total. The van der Waals surface area contributed by atoms with Crippen LogP contribution < -0.4 is 0 Å². The molecule has 4 nitrogen and oxygen atoms in total. The third-order valence-electron chi connectivity index (χ3n) is 4.29. The Kier molecular flexibility index (Phi) is 4.70. The lowest BCUT2D eigenvalue weighted by Gasteiger charge is -2.30. The number of fused-ring (bicyclic) bond motifs is 1. The lowest BCUT2D eigenvalue weighted by molar-refractivity contribution is 0.218. The average molecular weight is 304 g/mol. The van der Waals surface area contributed by atoms with Crippen molar-refractivity contribution in [3.05, 3.63) is 34.3 Å². The molecule has 0 saturated heterocycles. The Morgan fingerprint density at radius 1 is 1.48 bits per heavy atom. The minimum Gasteiger partial charge on any atom is -0.337 e. The first-order chi connectivity index (χ1) is 10.3. The van der Waals surface area contributed by atoms with Crippen LogP contribution in [0.5, 0.6) is 0 Å². The molecule has 0 aromatic carbocycles. The van der Waals surface area contributed by atoms with E-state index in [4.69, 9.17) is 4.98 Å². The number of nitrogens with zero attached hydrogens (tertiary/aromatic N) is 4. The first-order valence-corrected chi connectivity index (χ1v) is 8.74. The molecular formula is C16H24N4S. The molecule has 21 heavy (non-hydrogen) atoms. The van der Waals surface area contributed by atoms with E-state index in [1.54, 1.807) is 0 Å². The van der Waals surface area contributed by atoms with Gasteiger partial charge in [0.15, 0.2) is 0 Å². The third-order valence-corrected chi connectivity index (χ3v) is 5.63. The minimum absolute atomic E-state index is 0.578. The van der Waals surface area contributed by atoms with Crippen LogP contribution in [0.15, 0.2) is 18.7 Å². The quantitative estimate of drug-likeness (QED) is 0.821. The summed E-state index contributed by atoms with van der Waals surface area (Å²) >= 11 is 1.93. The van der Waals surface area contributed by atoms with Crippen molar-refractivity contribution in [1.29, 1.82) is 0 Å². The van der Waals surface area contributed by atoms with Crippen LogP contribution in [0.3, 0.4) is 0 Å². The highest BCUT2D eigenvalue weighted by Crippen LogP contribution is 2.37. The molecule has 2 aromatic rings. The number of hydrogen-bond acceptors (Lipinski definition) is 4. The first-order valence-electron chi connectivity index (χ1n) is 7.92. The predicted octanol–water partition coefficient (Wildman–Crippen LogP) is 3.30. The summed E-state index contributed by atoms with van der Waals surface area (Å²) in [7, 11) is 2.26. The van der Waals surface area contributed by atoms with Gasteiger partial charge in [0.2, 0.25) is 0 Å². The molecule has 2 aromatic heterocycles. The number of thiazole rings is 1. The van der Waals surface area contributed by atoms with Gasteiger partial charge < -0.3 is 4.57 Å². The Morgan fingerprint density at radius 2 is 2.38 bits per heavy atom. The summed E-state index contributed by atoms with van der Waals surface area (Å²) in [5.41, 5.74) is 1.37. The number of aromatic nitrogens is 3. The Balaban J connectivity index is 1.60. The molecule has 1 aliphatic carbocycles. The number of hydrogen-bond donors (Lipinski definition) is 0. The maximum Gasteiger partial charge on any atom is 0.0945 e. The van der Waals surface area contributed by atoms with Crippen LogP contribution >= 0.6 is 11.3 Å². The summed E-state index contributed by atoms with van der Waals surface area (Å²) in [6.07, 6.45) is 11.7. The molecule has 114 valence electrons. The van der Waals surface area contributed by atoms with Gasteiger partial charge in [-0.05, 0) is 39.2 Å². The molecule has 1 unspecified atom stereocenters. The normalized spacial score (nSPS) is 18.1. The van der Waals surface area contributed by atoms with Crippen LogP contribution in [0.1, 0.15) is 47.8 Å². The lowest BCUT2D eigenvalue weighted by Crippen LogP contribution is -2.28. The van der Waals surface area contributed by atoms with Crippen molar-refractivity contribution < 1.29 is 0 Å². The van der Waals surface area contributed by atoms with Crippen molar-refractivity contribution in [1.82, 2.24) is 19.4 Å². The Morgan fingerprint density at radius 3 is 3.14 bits per heavy atom. The summed E-state index contributed by atoms with van der Waals surface area (Å²) < 4.78 is 2.15. The average Bonchev–Trinajstić information content (AvgIpc) is 3.15. The SMILES string of the molecule is CCc1nc2c(s1)C(N(C)CCCn1ccnc1)CCC2. The molecule has 1 atom stereocenters. The maximum absolute atomic E-state index is 4.80. The van der Waals surface area contributed by atoms with Gasteiger partial charge in [0.05, 0.1) is 17.0 Å². The van der Waals surface area contributed by atoms with E-state index in [0.29, 0.717) is 6.04 Å². The standard InChI is InChI=1S/C16H24N4S/c1-3-15-18-13-6-4-7-14(16(13)21-15)19(2)9-5-10-20-11-8-17-12-20/h8,11-12,14H,3-7,9-10H2,1-2H3. The van der Waals surface area contributed by atoms with E-state index in [9.17, 15) is 0 Å². The Labute approximate surface area is 130 Å². The summed E-state index contributed by atoms with van der Waals surface area (Å²) in [5.74, 6) is 0. The van der Waals surface area contributed by atoms with Gasteiger partial charge in [-0.2, -0.15) is 0 Å². The molecule has 1 aliphatic rings. The zero-order valence-electron chi connectivity index (χ0n) is 13.0. The maximum atomic E-state index is 4.80. The van der Waals surface area contributed by atoms with Crippen LogP contribution in [-0.4, -0.2) is 33.0 Å². The molecule has 2 heterocycles. The van der Waals surface area contributed by atoms with Crippen LogP contribution in [0.2, 0.25) is 0 Å². The van der Waals surface area contributed by atoms with Gasteiger partial charge in [0, 0.05) is 36.4 Å². The van der Waals surface area contributed by atoms with Crippen molar-refractivity contribution in [2.45, 2.75) is 51.6 Å². The van der Waals surface area contributed by atoms with Gasteiger partial charge in [-0.1, -0.05) is 6.92 Å². The molecule has 3 rings (SSSR count). The van der Waals surface area contributed by atoms with E-state index in [1.807, 2.05) is 30.1 Å². The number of aryl methyl sites for hydroxylation is 3. The molecule has 0 amide bonds. The summed E-state index contributed by atoms with van der Waals surface area (Å²) in [6, 6.07) is 0.578. The molecule has 5 heteroatoms. The first kappa shape index (κ1) is 14.7. The molecular weight excluding hydrogens is 280 g/mol. The van der Waals surface area contributed by atoms with Gasteiger partial charge >= 0.3 is 0 Å². The molecule has 0 bridgehead atoms. The van der Waals surface area contributed by atoms with E-state index in [-0.39, 0.29) is 0 Å². The summed E-state index contributed by atoms with van der Waals surface area (Å²) in [4.78, 5) is 12.9. The van der Waals surface area contributed by atoms with Crippen LogP contribution in [-0.2, 0) is 19.4 Å². The Hall–Kier alpha value is -1.20. The van der Waals surface area contributed by atoms with Gasteiger partial charge in [-0.3, -0.25) is 4.90 Å². The van der Waals surface area contributed by atoms with E-state index < -0.39 is 0 Å². The van der Waals surface area contributed by atoms with E-state index in [0.717, 1.165) is 25.9 Å². The van der Waals surface area contributed by atoms with E-state index in [1.165, 1.54) is 34.8 Å². The smallest absolute Gasteiger partial charge is 0.0945 e. The summed E-state index contributed by atoms with van der Waals surface area (Å²) in [6.45, 7) is 4.38. The Bertz CT molecular complexity index is 561. The van der Waals surface area contributed by atoms with Crippen molar-refractivity contribution in [3.8, 4) is 0 Å². The number of imidazole rings is 1. The fourth-order valence-corrected chi connectivity index (χ4v) is 4.35. The van der Waals surface area contributed by atoms with Crippen LogP contribution in [0.4, 0.5) is 0 Å². The van der Waals surface area contributed by atoms with Crippen LogP contribution in [0.25, 0.3) is 0 Å². The lowest BCUT2D eigenvalue weighted by atomic mass is 9.97. The highest BCUT2D eigenvalue weighted by Gasteiger charge is 2.26. The third kappa shape index (κ3) is 3.35. The fourth-order valence-electron chi connectivity index (χ4n) is 3.10. The van der Waals surface area contributed by atoms with Crippen molar-refractivity contribution >= 4 is 11.3 Å². The highest BCUT2D eigenvalue weighted by atomic mass is 32.1. The van der Waals surface area contributed by atoms with Crippen molar-refractivity contribution in [2.75, 3.05) is 13.6 Å². The second-order valence-corrected chi connectivity index (χ2v) is 6.93. The molecule has 0 spiro atoms. The molecule has 0 fully saturated rings. The zero-order valence-corrected chi connectivity index (χ0v) is 13.8. The van der Waals surface area contributed by atoms with Gasteiger partial charge in [0.1, 0.15) is 0 Å². The monoisotopic (exact) mass is 304 g/mol. The predicted molar refractivity (Wildman–Crippen MR) is 86.6 cm³/mol.